The van der Waals surface area contributed by atoms with Crippen molar-refractivity contribution in [2.45, 2.75) is 31.8 Å². The quantitative estimate of drug-likeness (QED) is 0.774. The molecule has 0 saturated carbocycles. The van der Waals surface area contributed by atoms with Crippen LogP contribution in [0.2, 0.25) is 0 Å². The summed E-state index contributed by atoms with van der Waals surface area (Å²) in [5.41, 5.74) is 0.940. The lowest BCUT2D eigenvalue weighted by Crippen LogP contribution is -2.40. The molecular weight excluding hydrogens is 382 g/mol. The molecule has 2 aromatic rings. The number of benzene rings is 2. The number of hydrogen-bond acceptors (Lipinski definition) is 3. The fourth-order valence-corrected chi connectivity index (χ4v) is 3.65. The summed E-state index contributed by atoms with van der Waals surface area (Å²) in [6.07, 6.45) is 1.73. The lowest BCUT2D eigenvalue weighted by Gasteiger charge is -2.21. The minimum absolute atomic E-state index is 0.250. The molecule has 1 heterocycles. The van der Waals surface area contributed by atoms with E-state index in [9.17, 15) is 14.7 Å². The number of anilines is 1. The number of likely N-dealkylation sites (N-methyl/N-ethyl adjacent to an activating group) is 1. The van der Waals surface area contributed by atoms with Crippen molar-refractivity contribution < 1.29 is 14.7 Å². The van der Waals surface area contributed by atoms with Crippen LogP contribution in [0, 0.1) is 0 Å². The van der Waals surface area contributed by atoms with E-state index in [1.54, 1.807) is 31.3 Å². The Morgan fingerprint density at radius 1 is 1.20 bits per heavy atom. The lowest BCUT2D eigenvalue weighted by molar-refractivity contribution is -0.135. The Labute approximate surface area is 155 Å². The van der Waals surface area contributed by atoms with Gasteiger partial charge in [0.2, 0.25) is 0 Å². The summed E-state index contributed by atoms with van der Waals surface area (Å²) in [7, 11) is 1.61. The third-order valence-corrected chi connectivity index (χ3v) is 5.15. The number of rotatable bonds is 5. The Kier molecular flexibility index (Phi) is 4.80. The number of hydrogen-bond donors (Lipinski definition) is 1. The highest BCUT2D eigenvalue weighted by Gasteiger charge is 2.49. The number of nitrogens with zero attached hydrogens (tertiary/aromatic N) is 1. The van der Waals surface area contributed by atoms with Crippen molar-refractivity contribution in [1.82, 2.24) is 0 Å². The zero-order valence-corrected chi connectivity index (χ0v) is 15.8. The van der Waals surface area contributed by atoms with Gasteiger partial charge in [0.25, 0.3) is 5.91 Å². The Morgan fingerprint density at radius 2 is 1.88 bits per heavy atom. The smallest absolute Gasteiger partial charge is 0.263 e. The maximum Gasteiger partial charge on any atom is 0.263 e. The van der Waals surface area contributed by atoms with Crippen LogP contribution in [-0.4, -0.2) is 23.8 Å². The van der Waals surface area contributed by atoms with Gasteiger partial charge in [-0.3, -0.25) is 9.59 Å². The first-order valence-corrected chi connectivity index (χ1v) is 9.09. The van der Waals surface area contributed by atoms with Gasteiger partial charge in [-0.2, -0.15) is 0 Å². The lowest BCUT2D eigenvalue weighted by atomic mass is 9.88. The van der Waals surface area contributed by atoms with E-state index in [1.165, 1.54) is 10.5 Å². The molecule has 5 heteroatoms. The molecule has 0 radical (unpaired) electrons. The zero-order valence-electron chi connectivity index (χ0n) is 14.3. The first kappa shape index (κ1) is 17.8. The van der Waals surface area contributed by atoms with E-state index in [2.05, 4.69) is 22.9 Å². The number of carbonyl (C=O) groups excluding carboxylic acids is 2. The van der Waals surface area contributed by atoms with Crippen LogP contribution >= 0.6 is 15.9 Å². The highest BCUT2D eigenvalue weighted by Crippen LogP contribution is 2.43. The molecule has 0 saturated heterocycles. The van der Waals surface area contributed by atoms with E-state index in [0.29, 0.717) is 16.8 Å². The Bertz CT molecular complexity index is 831. The van der Waals surface area contributed by atoms with Gasteiger partial charge in [-0.25, -0.2) is 0 Å². The fourth-order valence-electron chi connectivity index (χ4n) is 3.29. The van der Waals surface area contributed by atoms with Crippen LogP contribution < -0.4 is 4.90 Å². The predicted molar refractivity (Wildman–Crippen MR) is 101 cm³/mol. The first-order valence-electron chi connectivity index (χ1n) is 8.29. The van der Waals surface area contributed by atoms with Crippen molar-refractivity contribution in [2.75, 3.05) is 11.9 Å². The Hall–Kier alpha value is -1.98. The van der Waals surface area contributed by atoms with Crippen molar-refractivity contribution >= 4 is 33.3 Å². The average molecular weight is 402 g/mol. The molecule has 1 aliphatic heterocycles. The number of ketones is 1. The van der Waals surface area contributed by atoms with Gasteiger partial charge in [0, 0.05) is 22.6 Å². The third-order valence-electron chi connectivity index (χ3n) is 4.65. The highest BCUT2D eigenvalue weighted by atomic mass is 79.9. The summed E-state index contributed by atoms with van der Waals surface area (Å²) >= 11 is 3.36. The predicted octanol–water partition coefficient (Wildman–Crippen LogP) is 3.84. The molecule has 2 aromatic carbocycles. The van der Waals surface area contributed by atoms with E-state index in [0.717, 1.165) is 17.3 Å². The van der Waals surface area contributed by atoms with Crippen LogP contribution in [-0.2, 0) is 16.8 Å². The molecular formula is C20H20BrNO3. The van der Waals surface area contributed by atoms with Gasteiger partial charge < -0.3 is 10.0 Å². The molecule has 0 aromatic heterocycles. The van der Waals surface area contributed by atoms with Crippen molar-refractivity contribution in [3.63, 3.8) is 0 Å². The van der Waals surface area contributed by atoms with Gasteiger partial charge in [-0.15, -0.1) is 0 Å². The van der Waals surface area contributed by atoms with Crippen molar-refractivity contribution in [2.24, 2.45) is 0 Å². The topological polar surface area (TPSA) is 57.6 Å². The summed E-state index contributed by atoms with van der Waals surface area (Å²) in [6, 6.07) is 12.7. The molecule has 1 unspecified atom stereocenters. The Morgan fingerprint density at radius 3 is 2.52 bits per heavy atom. The van der Waals surface area contributed by atoms with Crippen LogP contribution in [0.4, 0.5) is 5.69 Å². The maximum atomic E-state index is 12.7. The number of aryl methyl sites for hydroxylation is 1. The van der Waals surface area contributed by atoms with Crippen molar-refractivity contribution in [3.8, 4) is 0 Å². The summed E-state index contributed by atoms with van der Waals surface area (Å²) in [5, 5.41) is 11.0. The van der Waals surface area contributed by atoms with Crippen LogP contribution in [0.1, 0.15) is 41.3 Å². The summed E-state index contributed by atoms with van der Waals surface area (Å²) in [4.78, 5) is 26.7. The first-order chi connectivity index (χ1) is 11.9. The number of carbonyl (C=O) groups is 2. The second-order valence-corrected chi connectivity index (χ2v) is 7.35. The molecule has 25 heavy (non-hydrogen) atoms. The minimum Gasteiger partial charge on any atom is -0.375 e. The Balaban J connectivity index is 1.90. The minimum atomic E-state index is -1.83. The monoisotopic (exact) mass is 401 g/mol. The van der Waals surface area contributed by atoms with Gasteiger partial charge >= 0.3 is 0 Å². The van der Waals surface area contributed by atoms with Crippen molar-refractivity contribution in [1.29, 1.82) is 0 Å². The van der Waals surface area contributed by atoms with E-state index < -0.39 is 11.5 Å². The molecule has 0 aliphatic carbocycles. The fraction of sp³-hybridized carbons (Fsp3) is 0.300. The second kappa shape index (κ2) is 6.73. The molecule has 0 bridgehead atoms. The normalized spacial score (nSPS) is 19.2. The van der Waals surface area contributed by atoms with Crippen molar-refractivity contribution in [3.05, 3.63) is 63.6 Å². The molecule has 0 fully saturated rings. The van der Waals surface area contributed by atoms with E-state index >= 15 is 0 Å². The second-order valence-electron chi connectivity index (χ2n) is 6.43. The number of Topliss-reactive ketones (excluding diaryl/α,β-unsaturated/α-hetero) is 1. The molecule has 4 nitrogen and oxygen atoms in total. The van der Waals surface area contributed by atoms with Crippen LogP contribution in [0.5, 0.6) is 0 Å². The summed E-state index contributed by atoms with van der Waals surface area (Å²) in [6.45, 7) is 2.10. The zero-order chi connectivity index (χ0) is 18.2. The molecule has 1 N–H and O–H groups in total. The van der Waals surface area contributed by atoms with E-state index in [4.69, 9.17) is 0 Å². The molecule has 3 rings (SSSR count). The standard InChI is InChI=1S/C20H20BrNO3/c1-3-4-13-5-7-14(8-6-13)18(23)12-20(25)16-11-15(21)9-10-17(16)22(2)19(20)24/h5-11,25H,3-4,12H2,1-2H3. The van der Waals surface area contributed by atoms with Crippen LogP contribution in [0.15, 0.2) is 46.9 Å². The number of fused-ring (bicyclic) bond motifs is 1. The summed E-state index contributed by atoms with van der Waals surface area (Å²) in [5.74, 6) is -0.725. The van der Waals surface area contributed by atoms with Gasteiger partial charge in [0.1, 0.15) is 0 Å². The molecule has 1 aliphatic rings. The summed E-state index contributed by atoms with van der Waals surface area (Å²) < 4.78 is 0.754. The third kappa shape index (κ3) is 3.14. The SMILES string of the molecule is CCCc1ccc(C(=O)CC2(O)C(=O)N(C)c3ccc(Br)cc32)cc1. The maximum absolute atomic E-state index is 12.7. The highest BCUT2D eigenvalue weighted by molar-refractivity contribution is 9.10. The molecule has 0 spiro atoms. The van der Waals surface area contributed by atoms with E-state index in [-0.39, 0.29) is 12.2 Å². The van der Waals surface area contributed by atoms with Gasteiger partial charge in [-0.05, 0) is 30.2 Å². The molecule has 130 valence electrons. The van der Waals surface area contributed by atoms with E-state index in [1.807, 2.05) is 18.2 Å². The largest absolute Gasteiger partial charge is 0.375 e. The number of amides is 1. The van der Waals surface area contributed by atoms with Gasteiger partial charge in [0.05, 0.1) is 12.1 Å². The average Bonchev–Trinajstić information content (AvgIpc) is 2.77. The van der Waals surface area contributed by atoms with Crippen LogP contribution in [0.3, 0.4) is 0 Å². The molecule has 1 atom stereocenters. The number of aliphatic hydroxyl groups is 1. The van der Waals surface area contributed by atoms with Gasteiger partial charge in [0.15, 0.2) is 11.4 Å². The van der Waals surface area contributed by atoms with Gasteiger partial charge in [-0.1, -0.05) is 53.5 Å². The van der Waals surface area contributed by atoms with Crippen LogP contribution in [0.25, 0.3) is 0 Å². The number of halogens is 1. The molecule has 1 amide bonds.